The summed E-state index contributed by atoms with van der Waals surface area (Å²) in [5.74, 6) is 1.66. The number of benzene rings is 2. The Hall–Kier alpha value is -2.83. The second kappa shape index (κ2) is 9.98. The highest BCUT2D eigenvalue weighted by Crippen LogP contribution is 2.24. The lowest BCUT2D eigenvalue weighted by atomic mass is 9.93. The summed E-state index contributed by atoms with van der Waals surface area (Å²) in [7, 11) is 0. The van der Waals surface area contributed by atoms with E-state index in [1.165, 1.54) is 5.56 Å². The third-order valence-corrected chi connectivity index (χ3v) is 5.58. The van der Waals surface area contributed by atoms with Crippen molar-refractivity contribution in [1.82, 2.24) is 14.7 Å². The van der Waals surface area contributed by atoms with E-state index < -0.39 is 5.60 Å². The van der Waals surface area contributed by atoms with Gasteiger partial charge < -0.3 is 14.6 Å². The summed E-state index contributed by atoms with van der Waals surface area (Å²) in [5, 5.41) is 15.4. The van der Waals surface area contributed by atoms with Crippen LogP contribution in [0.3, 0.4) is 0 Å². The smallest absolute Gasteiger partial charge is 0.119 e. The van der Waals surface area contributed by atoms with E-state index in [1.807, 2.05) is 66.3 Å². The number of aromatic nitrogens is 2. The molecule has 0 bridgehead atoms. The van der Waals surface area contributed by atoms with Gasteiger partial charge in [0.2, 0.25) is 0 Å². The lowest BCUT2D eigenvalue weighted by molar-refractivity contribution is -0.0621. The van der Waals surface area contributed by atoms with Crippen LogP contribution in [0.15, 0.2) is 66.9 Å². The molecule has 6 heteroatoms. The lowest BCUT2D eigenvalue weighted by Crippen LogP contribution is -2.51. The van der Waals surface area contributed by atoms with Gasteiger partial charge in [0.05, 0.1) is 12.2 Å². The summed E-state index contributed by atoms with van der Waals surface area (Å²) in [6, 6.07) is 19.9. The highest BCUT2D eigenvalue weighted by Gasteiger charge is 2.34. The number of rotatable bonds is 9. The number of piperidine rings is 1. The zero-order chi connectivity index (χ0) is 21.5. The molecular formula is C25H31N3O3. The summed E-state index contributed by atoms with van der Waals surface area (Å²) < 4.78 is 13.6. The monoisotopic (exact) mass is 421 g/mol. The van der Waals surface area contributed by atoms with Gasteiger partial charge in [-0.05, 0) is 62.2 Å². The molecule has 0 saturated carbocycles. The van der Waals surface area contributed by atoms with Crippen LogP contribution in [0, 0.1) is 6.92 Å². The van der Waals surface area contributed by atoms with E-state index in [0.717, 1.165) is 49.7 Å². The molecule has 0 amide bonds. The second-order valence-corrected chi connectivity index (χ2v) is 8.35. The molecule has 1 aliphatic rings. The first-order chi connectivity index (χ1) is 15.1. The molecule has 1 aromatic heterocycles. The van der Waals surface area contributed by atoms with Crippen LogP contribution in [0.4, 0.5) is 0 Å². The minimum absolute atomic E-state index is 0.316. The van der Waals surface area contributed by atoms with Crippen LogP contribution in [0.25, 0.3) is 0 Å². The summed E-state index contributed by atoms with van der Waals surface area (Å²) >= 11 is 0. The molecule has 0 aliphatic carbocycles. The molecule has 1 fully saturated rings. The SMILES string of the molecule is Cc1ccn(CCOc2ccc(CN3CCC[C@](O)(COc4ccccc4)C3)cc2)n1. The maximum absolute atomic E-state index is 11.0. The Morgan fingerprint density at radius 1 is 1.00 bits per heavy atom. The predicted octanol–water partition coefficient (Wildman–Crippen LogP) is 3.68. The van der Waals surface area contributed by atoms with Crippen LogP contribution in [-0.4, -0.2) is 51.7 Å². The Balaban J connectivity index is 1.24. The number of hydrogen-bond acceptors (Lipinski definition) is 5. The van der Waals surface area contributed by atoms with Crippen molar-refractivity contribution < 1.29 is 14.6 Å². The maximum Gasteiger partial charge on any atom is 0.119 e. The fraction of sp³-hybridized carbons (Fsp3) is 0.400. The molecule has 1 saturated heterocycles. The fourth-order valence-electron chi connectivity index (χ4n) is 3.99. The Labute approximate surface area is 184 Å². The number of likely N-dealkylation sites (tertiary alicyclic amines) is 1. The molecule has 1 N–H and O–H groups in total. The van der Waals surface area contributed by atoms with Crippen LogP contribution in [0.2, 0.25) is 0 Å². The molecule has 1 atom stereocenters. The van der Waals surface area contributed by atoms with Gasteiger partial charge in [0.15, 0.2) is 0 Å². The molecule has 164 valence electrons. The van der Waals surface area contributed by atoms with Crippen LogP contribution in [0.5, 0.6) is 11.5 Å². The molecule has 3 aromatic rings. The molecule has 6 nitrogen and oxygen atoms in total. The van der Waals surface area contributed by atoms with E-state index in [0.29, 0.717) is 19.8 Å². The van der Waals surface area contributed by atoms with Gasteiger partial charge in [-0.3, -0.25) is 9.58 Å². The third kappa shape index (κ3) is 6.32. The molecular weight excluding hydrogens is 390 g/mol. The Bertz CT molecular complexity index is 942. The number of aryl methyl sites for hydroxylation is 1. The van der Waals surface area contributed by atoms with Crippen LogP contribution in [0.1, 0.15) is 24.1 Å². The van der Waals surface area contributed by atoms with E-state index in [9.17, 15) is 5.11 Å². The van der Waals surface area contributed by atoms with Crippen molar-refractivity contribution in [3.63, 3.8) is 0 Å². The Kier molecular flexibility index (Phi) is 6.89. The van der Waals surface area contributed by atoms with Gasteiger partial charge in [0.25, 0.3) is 0 Å². The first-order valence-electron chi connectivity index (χ1n) is 10.9. The molecule has 0 unspecified atom stereocenters. The van der Waals surface area contributed by atoms with Gasteiger partial charge >= 0.3 is 0 Å². The van der Waals surface area contributed by atoms with Crippen molar-refractivity contribution in [2.75, 3.05) is 26.3 Å². The Morgan fingerprint density at radius 3 is 2.52 bits per heavy atom. The van der Waals surface area contributed by atoms with Gasteiger partial charge in [-0.15, -0.1) is 0 Å². The van der Waals surface area contributed by atoms with Crippen LogP contribution < -0.4 is 9.47 Å². The van der Waals surface area contributed by atoms with Crippen molar-refractivity contribution in [3.05, 3.63) is 78.1 Å². The summed E-state index contributed by atoms with van der Waals surface area (Å²) in [4.78, 5) is 2.30. The first kappa shape index (κ1) is 21.4. The number of para-hydroxylation sites is 1. The maximum atomic E-state index is 11.0. The van der Waals surface area contributed by atoms with E-state index >= 15 is 0 Å². The fourth-order valence-corrected chi connectivity index (χ4v) is 3.99. The van der Waals surface area contributed by atoms with E-state index in [2.05, 4.69) is 22.1 Å². The molecule has 0 spiro atoms. The highest BCUT2D eigenvalue weighted by atomic mass is 16.5. The minimum Gasteiger partial charge on any atom is -0.492 e. The highest BCUT2D eigenvalue weighted by molar-refractivity contribution is 5.27. The Morgan fingerprint density at radius 2 is 1.77 bits per heavy atom. The number of aliphatic hydroxyl groups is 1. The summed E-state index contributed by atoms with van der Waals surface area (Å²) in [6.07, 6.45) is 3.69. The largest absolute Gasteiger partial charge is 0.492 e. The third-order valence-electron chi connectivity index (χ3n) is 5.58. The van der Waals surface area contributed by atoms with Crippen molar-refractivity contribution in [1.29, 1.82) is 0 Å². The first-order valence-corrected chi connectivity index (χ1v) is 10.9. The molecule has 2 aromatic carbocycles. The number of nitrogens with zero attached hydrogens (tertiary/aromatic N) is 3. The molecule has 1 aliphatic heterocycles. The summed E-state index contributed by atoms with van der Waals surface area (Å²) in [6.45, 7) is 6.01. The van der Waals surface area contributed by atoms with Gasteiger partial charge in [-0.1, -0.05) is 30.3 Å². The van der Waals surface area contributed by atoms with Crippen LogP contribution >= 0.6 is 0 Å². The van der Waals surface area contributed by atoms with Crippen molar-refractivity contribution in [3.8, 4) is 11.5 Å². The van der Waals surface area contributed by atoms with Gasteiger partial charge in [0.1, 0.15) is 30.3 Å². The number of hydrogen-bond donors (Lipinski definition) is 1. The molecule has 31 heavy (non-hydrogen) atoms. The standard InChI is InChI=1S/C25H31N3O3/c1-21-12-15-28(26-21)16-17-30-24-10-8-22(9-11-24)18-27-14-5-13-25(29,19-27)20-31-23-6-3-2-4-7-23/h2-4,6-12,15,29H,5,13-14,16-20H2,1H3/t25-/m1/s1. The van der Waals surface area contributed by atoms with Gasteiger partial charge in [-0.2, -0.15) is 5.10 Å². The molecule has 2 heterocycles. The van der Waals surface area contributed by atoms with E-state index in [4.69, 9.17) is 9.47 Å². The predicted molar refractivity (Wildman–Crippen MR) is 120 cm³/mol. The van der Waals surface area contributed by atoms with E-state index in [-0.39, 0.29) is 0 Å². The quantitative estimate of drug-likeness (QED) is 0.571. The summed E-state index contributed by atoms with van der Waals surface area (Å²) in [5.41, 5.74) is 1.41. The normalized spacial score (nSPS) is 19.3. The van der Waals surface area contributed by atoms with E-state index in [1.54, 1.807) is 0 Å². The topological polar surface area (TPSA) is 59.8 Å². The van der Waals surface area contributed by atoms with Gasteiger partial charge in [-0.25, -0.2) is 0 Å². The lowest BCUT2D eigenvalue weighted by Gasteiger charge is -2.39. The van der Waals surface area contributed by atoms with Crippen molar-refractivity contribution >= 4 is 0 Å². The average Bonchev–Trinajstić information content (AvgIpc) is 3.19. The number of β-amino-alcohol motifs (C(OH)–C–C–N with tert-alkyl or cyclic N) is 1. The molecule has 0 radical (unpaired) electrons. The average molecular weight is 422 g/mol. The van der Waals surface area contributed by atoms with Crippen LogP contribution in [-0.2, 0) is 13.1 Å². The zero-order valence-electron chi connectivity index (χ0n) is 18.1. The molecule has 4 rings (SSSR count). The van der Waals surface area contributed by atoms with Crippen molar-refractivity contribution in [2.24, 2.45) is 0 Å². The van der Waals surface area contributed by atoms with Crippen molar-refractivity contribution in [2.45, 2.75) is 38.5 Å². The minimum atomic E-state index is -0.817. The number of ether oxygens (including phenoxy) is 2. The second-order valence-electron chi connectivity index (χ2n) is 8.35. The van der Waals surface area contributed by atoms with Gasteiger partial charge in [0, 0.05) is 19.3 Å². The zero-order valence-corrected chi connectivity index (χ0v) is 18.1.